The highest BCUT2D eigenvalue weighted by Gasteiger charge is 2.37. The van der Waals surface area contributed by atoms with Gasteiger partial charge in [0.1, 0.15) is 0 Å². The SMILES string of the molecule is Cc1c(Br)ccc(NC(=O)COC(=O)[C@@H]2CC(=O)N(c3cccc4ccccc34)C2)c1C. The number of carbonyl (C=O) groups excluding carboxylic acids is 3. The summed E-state index contributed by atoms with van der Waals surface area (Å²) < 4.78 is 6.19. The van der Waals surface area contributed by atoms with Crippen molar-refractivity contribution in [1.82, 2.24) is 0 Å². The van der Waals surface area contributed by atoms with Gasteiger partial charge in [0.2, 0.25) is 5.91 Å². The van der Waals surface area contributed by atoms with Crippen LogP contribution in [0.2, 0.25) is 0 Å². The van der Waals surface area contributed by atoms with Gasteiger partial charge in [0.05, 0.1) is 11.6 Å². The van der Waals surface area contributed by atoms with Crippen LogP contribution in [0.25, 0.3) is 10.8 Å². The van der Waals surface area contributed by atoms with Crippen molar-refractivity contribution >= 4 is 55.9 Å². The number of hydrogen-bond acceptors (Lipinski definition) is 4. The van der Waals surface area contributed by atoms with Crippen LogP contribution in [0.4, 0.5) is 11.4 Å². The number of halogens is 1. The van der Waals surface area contributed by atoms with Crippen LogP contribution in [0.15, 0.2) is 59.1 Å². The van der Waals surface area contributed by atoms with Crippen molar-refractivity contribution < 1.29 is 19.1 Å². The zero-order chi connectivity index (χ0) is 22.8. The first-order chi connectivity index (χ1) is 15.3. The molecule has 0 unspecified atom stereocenters. The molecule has 0 radical (unpaired) electrons. The van der Waals surface area contributed by atoms with Gasteiger partial charge in [-0.1, -0.05) is 52.3 Å². The van der Waals surface area contributed by atoms with Gasteiger partial charge >= 0.3 is 5.97 Å². The second-order valence-electron chi connectivity index (χ2n) is 7.90. The molecule has 0 aromatic heterocycles. The minimum Gasteiger partial charge on any atom is -0.455 e. The van der Waals surface area contributed by atoms with E-state index in [9.17, 15) is 14.4 Å². The lowest BCUT2D eigenvalue weighted by atomic mass is 10.1. The molecule has 0 aliphatic carbocycles. The highest BCUT2D eigenvalue weighted by atomic mass is 79.9. The molecular weight excluding hydrogens is 472 g/mol. The number of ether oxygens (including phenoxy) is 1. The molecule has 1 atom stereocenters. The van der Waals surface area contributed by atoms with Gasteiger partial charge in [0.25, 0.3) is 5.91 Å². The van der Waals surface area contributed by atoms with Gasteiger partial charge in [0, 0.05) is 28.5 Å². The predicted octanol–water partition coefficient (Wildman–Crippen LogP) is 4.75. The number of benzene rings is 3. The molecule has 6 nitrogen and oxygen atoms in total. The van der Waals surface area contributed by atoms with Gasteiger partial charge in [-0.2, -0.15) is 0 Å². The fourth-order valence-electron chi connectivity index (χ4n) is 3.91. The zero-order valence-corrected chi connectivity index (χ0v) is 19.4. The fourth-order valence-corrected chi connectivity index (χ4v) is 4.34. The molecule has 0 bridgehead atoms. The Morgan fingerprint density at radius 1 is 1.06 bits per heavy atom. The Morgan fingerprint density at radius 2 is 1.81 bits per heavy atom. The van der Waals surface area contributed by atoms with Crippen molar-refractivity contribution in [2.45, 2.75) is 20.3 Å². The Labute approximate surface area is 194 Å². The molecule has 1 saturated heterocycles. The summed E-state index contributed by atoms with van der Waals surface area (Å²) in [6.45, 7) is 3.70. The van der Waals surface area contributed by atoms with Crippen LogP contribution in [0.5, 0.6) is 0 Å². The summed E-state index contributed by atoms with van der Waals surface area (Å²) in [5, 5.41) is 4.76. The topological polar surface area (TPSA) is 75.7 Å². The second-order valence-corrected chi connectivity index (χ2v) is 8.76. The molecule has 32 heavy (non-hydrogen) atoms. The van der Waals surface area contributed by atoms with Crippen LogP contribution in [0.1, 0.15) is 17.5 Å². The smallest absolute Gasteiger partial charge is 0.311 e. The van der Waals surface area contributed by atoms with E-state index in [2.05, 4.69) is 21.2 Å². The first-order valence-electron chi connectivity index (χ1n) is 10.4. The Hall–Kier alpha value is -3.19. The average Bonchev–Trinajstić information content (AvgIpc) is 3.19. The molecule has 4 rings (SSSR count). The molecule has 3 aromatic rings. The molecule has 1 aliphatic rings. The standard InChI is InChI=1S/C25H23BrN2O4/c1-15-16(2)21(11-10-20(15)26)27-23(29)14-32-25(31)18-12-24(30)28(13-18)22-9-5-7-17-6-3-4-8-19(17)22/h3-11,18H,12-14H2,1-2H3,(H,27,29)/t18-/m1/s1. The van der Waals surface area contributed by atoms with Crippen molar-refractivity contribution in [2.75, 3.05) is 23.4 Å². The van der Waals surface area contributed by atoms with Crippen LogP contribution in [-0.2, 0) is 19.1 Å². The van der Waals surface area contributed by atoms with Crippen LogP contribution >= 0.6 is 15.9 Å². The van der Waals surface area contributed by atoms with E-state index in [4.69, 9.17) is 4.74 Å². The van der Waals surface area contributed by atoms with E-state index in [0.717, 1.165) is 32.1 Å². The van der Waals surface area contributed by atoms with Gasteiger partial charge in [-0.25, -0.2) is 0 Å². The molecule has 7 heteroatoms. The van der Waals surface area contributed by atoms with E-state index in [1.54, 1.807) is 11.0 Å². The summed E-state index contributed by atoms with van der Waals surface area (Å²) in [6.07, 6.45) is 0.0642. The van der Waals surface area contributed by atoms with E-state index in [1.165, 1.54) is 0 Å². The normalized spacial score (nSPS) is 15.8. The summed E-state index contributed by atoms with van der Waals surface area (Å²) in [5.41, 5.74) is 3.41. The Balaban J connectivity index is 1.38. The van der Waals surface area contributed by atoms with Crippen LogP contribution in [-0.4, -0.2) is 30.9 Å². The summed E-state index contributed by atoms with van der Waals surface area (Å²) in [5.74, 6) is -1.70. The number of nitrogens with one attached hydrogen (secondary N) is 1. The fraction of sp³-hybridized carbons (Fsp3) is 0.240. The molecule has 3 aromatic carbocycles. The average molecular weight is 495 g/mol. The van der Waals surface area contributed by atoms with Gasteiger partial charge in [-0.05, 0) is 48.6 Å². The molecule has 0 spiro atoms. The van der Waals surface area contributed by atoms with E-state index >= 15 is 0 Å². The summed E-state index contributed by atoms with van der Waals surface area (Å²) in [7, 11) is 0. The maximum absolute atomic E-state index is 12.6. The van der Waals surface area contributed by atoms with E-state index in [-0.39, 0.29) is 18.9 Å². The van der Waals surface area contributed by atoms with E-state index < -0.39 is 24.4 Å². The number of fused-ring (bicyclic) bond motifs is 1. The van der Waals surface area contributed by atoms with Gasteiger partial charge in [-0.15, -0.1) is 0 Å². The summed E-state index contributed by atoms with van der Waals surface area (Å²) >= 11 is 3.46. The number of anilines is 2. The number of esters is 1. The van der Waals surface area contributed by atoms with Gasteiger partial charge in [-0.3, -0.25) is 14.4 Å². The minimum atomic E-state index is -0.606. The lowest BCUT2D eigenvalue weighted by Crippen LogP contribution is -2.28. The first-order valence-corrected chi connectivity index (χ1v) is 11.1. The van der Waals surface area contributed by atoms with Crippen molar-refractivity contribution in [2.24, 2.45) is 5.92 Å². The second kappa shape index (κ2) is 9.12. The van der Waals surface area contributed by atoms with Crippen molar-refractivity contribution in [3.63, 3.8) is 0 Å². The van der Waals surface area contributed by atoms with Crippen molar-refractivity contribution in [1.29, 1.82) is 0 Å². The molecular formula is C25H23BrN2O4. The number of rotatable bonds is 5. The third-order valence-electron chi connectivity index (χ3n) is 5.86. The summed E-state index contributed by atoms with van der Waals surface area (Å²) in [4.78, 5) is 39.1. The molecule has 1 N–H and O–H groups in total. The first kappa shape index (κ1) is 22.0. The Kier molecular flexibility index (Phi) is 6.28. The lowest BCUT2D eigenvalue weighted by Gasteiger charge is -2.19. The Morgan fingerprint density at radius 3 is 2.62 bits per heavy atom. The monoisotopic (exact) mass is 494 g/mol. The maximum atomic E-state index is 12.6. The highest BCUT2D eigenvalue weighted by Crippen LogP contribution is 2.32. The molecule has 1 heterocycles. The minimum absolute atomic E-state index is 0.0642. The summed E-state index contributed by atoms with van der Waals surface area (Å²) in [6, 6.07) is 17.2. The van der Waals surface area contributed by atoms with Crippen LogP contribution < -0.4 is 10.2 Å². The van der Waals surface area contributed by atoms with Crippen LogP contribution in [0, 0.1) is 19.8 Å². The molecule has 0 saturated carbocycles. The molecule has 1 fully saturated rings. The predicted molar refractivity (Wildman–Crippen MR) is 128 cm³/mol. The highest BCUT2D eigenvalue weighted by molar-refractivity contribution is 9.10. The van der Waals surface area contributed by atoms with Gasteiger partial charge < -0.3 is 15.0 Å². The quantitative estimate of drug-likeness (QED) is 0.519. The largest absolute Gasteiger partial charge is 0.455 e. The third kappa shape index (κ3) is 4.39. The molecule has 1 aliphatic heterocycles. The van der Waals surface area contributed by atoms with Crippen molar-refractivity contribution in [3.05, 3.63) is 70.2 Å². The van der Waals surface area contributed by atoms with E-state index in [0.29, 0.717) is 5.69 Å². The Bertz CT molecular complexity index is 1220. The third-order valence-corrected chi connectivity index (χ3v) is 6.72. The number of nitrogens with zero attached hydrogens (tertiary/aromatic N) is 1. The van der Waals surface area contributed by atoms with Crippen LogP contribution in [0.3, 0.4) is 0 Å². The molecule has 2 amide bonds. The molecule has 164 valence electrons. The van der Waals surface area contributed by atoms with Gasteiger partial charge in [0.15, 0.2) is 6.61 Å². The van der Waals surface area contributed by atoms with Crippen molar-refractivity contribution in [3.8, 4) is 0 Å². The zero-order valence-electron chi connectivity index (χ0n) is 17.9. The maximum Gasteiger partial charge on any atom is 0.311 e. The number of amides is 2. The number of carbonyl (C=O) groups is 3. The van der Waals surface area contributed by atoms with E-state index in [1.807, 2.05) is 62.4 Å². The lowest BCUT2D eigenvalue weighted by molar-refractivity contribution is -0.151. The number of hydrogen-bond donors (Lipinski definition) is 1.